The molecule has 0 aromatic heterocycles. The zero-order valence-electron chi connectivity index (χ0n) is 15.8. The molecular weight excluding hydrogens is 400 g/mol. The lowest BCUT2D eigenvalue weighted by molar-refractivity contribution is 0.102. The quantitative estimate of drug-likeness (QED) is 0.615. The van der Waals surface area contributed by atoms with Crippen LogP contribution in [0.15, 0.2) is 60.0 Å². The zero-order valence-corrected chi connectivity index (χ0v) is 17.4. The van der Waals surface area contributed by atoms with Crippen molar-refractivity contribution in [2.75, 3.05) is 25.0 Å². The van der Waals surface area contributed by atoms with Crippen molar-refractivity contribution in [3.63, 3.8) is 0 Å². The molecule has 2 aromatic rings. The Hall–Kier alpha value is -2.35. The summed E-state index contributed by atoms with van der Waals surface area (Å²) in [6.07, 6.45) is 1.62. The molecule has 0 aliphatic rings. The Kier molecular flexibility index (Phi) is 7.62. The van der Waals surface area contributed by atoms with Crippen LogP contribution in [-0.4, -0.2) is 38.3 Å². The predicted molar refractivity (Wildman–Crippen MR) is 112 cm³/mol. The number of nitrogens with zero attached hydrogens (tertiary/aromatic N) is 1. The number of benzene rings is 2. The van der Waals surface area contributed by atoms with Crippen LogP contribution in [0.3, 0.4) is 0 Å². The lowest BCUT2D eigenvalue weighted by Crippen LogP contribution is -2.30. The van der Waals surface area contributed by atoms with Crippen LogP contribution < -0.4 is 10.1 Å². The third-order valence-corrected chi connectivity index (χ3v) is 6.36. The first-order valence-corrected chi connectivity index (χ1v) is 10.6. The first kappa shape index (κ1) is 21.9. The summed E-state index contributed by atoms with van der Waals surface area (Å²) >= 11 is 6.15. The van der Waals surface area contributed by atoms with Gasteiger partial charge in [-0.2, -0.15) is 4.31 Å². The molecule has 0 saturated carbocycles. The maximum Gasteiger partial charge on any atom is 0.257 e. The number of anilines is 1. The zero-order chi connectivity index (χ0) is 20.7. The third kappa shape index (κ3) is 5.13. The normalized spacial score (nSPS) is 11.3. The van der Waals surface area contributed by atoms with Crippen molar-refractivity contribution in [2.45, 2.75) is 18.7 Å². The minimum atomic E-state index is -3.70. The van der Waals surface area contributed by atoms with Crippen LogP contribution in [0.1, 0.15) is 24.2 Å². The highest BCUT2D eigenvalue weighted by atomic mass is 35.5. The van der Waals surface area contributed by atoms with Gasteiger partial charge in [-0.05, 0) is 30.3 Å². The standard InChI is InChI=1S/C20H23ClN2O4S/c1-4-12-27-16-9-7-8-15(13-16)22-20(24)18-14-17(10-11-19(18)21)28(25,26)23(5-2)6-3/h4,7-11,13-14H,1,5-6,12H2,2-3H3,(H,22,24). The fraction of sp³-hybridized carbons (Fsp3) is 0.250. The van der Waals surface area contributed by atoms with E-state index in [0.717, 1.165) is 0 Å². The van der Waals surface area contributed by atoms with Crippen molar-refractivity contribution in [2.24, 2.45) is 0 Å². The number of ether oxygens (including phenoxy) is 1. The van der Waals surface area contributed by atoms with Crippen LogP contribution in [0.2, 0.25) is 5.02 Å². The molecule has 0 heterocycles. The Balaban J connectivity index is 2.30. The van der Waals surface area contributed by atoms with Crippen LogP contribution in [-0.2, 0) is 10.0 Å². The second kappa shape index (κ2) is 9.73. The first-order chi connectivity index (χ1) is 13.3. The lowest BCUT2D eigenvalue weighted by atomic mass is 10.2. The highest BCUT2D eigenvalue weighted by Gasteiger charge is 2.24. The van der Waals surface area contributed by atoms with E-state index >= 15 is 0 Å². The summed E-state index contributed by atoms with van der Waals surface area (Å²) in [4.78, 5) is 12.7. The number of halogens is 1. The maximum atomic E-state index is 12.7. The van der Waals surface area contributed by atoms with Gasteiger partial charge in [0.25, 0.3) is 5.91 Å². The van der Waals surface area contributed by atoms with Crippen molar-refractivity contribution in [3.05, 3.63) is 65.7 Å². The van der Waals surface area contributed by atoms with Gasteiger partial charge >= 0.3 is 0 Å². The molecule has 0 saturated heterocycles. The Bertz CT molecular complexity index is 956. The van der Waals surface area contributed by atoms with Gasteiger partial charge in [-0.3, -0.25) is 4.79 Å². The number of sulfonamides is 1. The van der Waals surface area contributed by atoms with E-state index in [1.165, 1.54) is 22.5 Å². The van der Waals surface area contributed by atoms with Crippen molar-refractivity contribution < 1.29 is 17.9 Å². The lowest BCUT2D eigenvalue weighted by Gasteiger charge is -2.19. The average Bonchev–Trinajstić information content (AvgIpc) is 2.67. The molecule has 150 valence electrons. The molecule has 1 N–H and O–H groups in total. The molecule has 8 heteroatoms. The van der Waals surface area contributed by atoms with Gasteiger partial charge in [0.05, 0.1) is 15.5 Å². The fourth-order valence-corrected chi connectivity index (χ4v) is 4.26. The van der Waals surface area contributed by atoms with Crippen LogP contribution in [0.5, 0.6) is 5.75 Å². The number of hydrogen-bond acceptors (Lipinski definition) is 4. The van der Waals surface area contributed by atoms with E-state index in [1.807, 2.05) is 0 Å². The maximum absolute atomic E-state index is 12.7. The Morgan fingerprint density at radius 1 is 1.21 bits per heavy atom. The van der Waals surface area contributed by atoms with E-state index in [9.17, 15) is 13.2 Å². The average molecular weight is 423 g/mol. The monoisotopic (exact) mass is 422 g/mol. The van der Waals surface area contributed by atoms with Gasteiger partial charge in [0.2, 0.25) is 10.0 Å². The second-order valence-corrected chi connectivity index (χ2v) is 8.16. The van der Waals surface area contributed by atoms with Crippen molar-refractivity contribution in [3.8, 4) is 5.75 Å². The van der Waals surface area contributed by atoms with Gasteiger partial charge in [0.15, 0.2) is 0 Å². The summed E-state index contributed by atoms with van der Waals surface area (Å²) in [5, 5.41) is 2.88. The van der Waals surface area contributed by atoms with E-state index in [1.54, 1.807) is 44.2 Å². The highest BCUT2D eigenvalue weighted by molar-refractivity contribution is 7.89. The number of amides is 1. The summed E-state index contributed by atoms with van der Waals surface area (Å²) in [7, 11) is -3.70. The smallest absolute Gasteiger partial charge is 0.257 e. The molecule has 0 bridgehead atoms. The van der Waals surface area contributed by atoms with Crippen molar-refractivity contribution in [1.82, 2.24) is 4.31 Å². The Labute approximate surface area is 170 Å². The minimum absolute atomic E-state index is 0.0221. The molecule has 2 rings (SSSR count). The predicted octanol–water partition coefficient (Wildman–Crippen LogP) is 4.19. The Morgan fingerprint density at radius 3 is 2.57 bits per heavy atom. The SMILES string of the molecule is C=CCOc1cccc(NC(=O)c2cc(S(=O)(=O)N(CC)CC)ccc2Cl)c1. The molecule has 0 unspecified atom stereocenters. The number of hydrogen-bond donors (Lipinski definition) is 1. The molecule has 0 radical (unpaired) electrons. The third-order valence-electron chi connectivity index (χ3n) is 3.99. The van der Waals surface area contributed by atoms with Crippen LogP contribution in [0.25, 0.3) is 0 Å². The molecule has 0 spiro atoms. The van der Waals surface area contributed by atoms with Crippen molar-refractivity contribution >= 4 is 33.2 Å². The number of carbonyl (C=O) groups is 1. The van der Waals surface area contributed by atoms with Crippen LogP contribution in [0, 0.1) is 0 Å². The van der Waals surface area contributed by atoms with Gasteiger partial charge in [-0.15, -0.1) is 0 Å². The highest BCUT2D eigenvalue weighted by Crippen LogP contribution is 2.25. The second-order valence-electron chi connectivity index (χ2n) is 5.81. The molecule has 1 amide bonds. The van der Waals surface area contributed by atoms with Crippen LogP contribution in [0.4, 0.5) is 5.69 Å². The molecule has 0 aliphatic heterocycles. The minimum Gasteiger partial charge on any atom is -0.489 e. The van der Waals surface area contributed by atoms with E-state index in [0.29, 0.717) is 31.1 Å². The summed E-state index contributed by atoms with van der Waals surface area (Å²) in [5.74, 6) is 0.0594. The molecule has 28 heavy (non-hydrogen) atoms. The van der Waals surface area contributed by atoms with E-state index in [-0.39, 0.29) is 15.5 Å². The van der Waals surface area contributed by atoms with Gasteiger partial charge in [0.1, 0.15) is 12.4 Å². The molecule has 2 aromatic carbocycles. The number of carbonyl (C=O) groups excluding carboxylic acids is 1. The molecule has 6 nitrogen and oxygen atoms in total. The fourth-order valence-electron chi connectivity index (χ4n) is 2.57. The number of rotatable bonds is 9. The van der Waals surface area contributed by atoms with Crippen molar-refractivity contribution in [1.29, 1.82) is 0 Å². The number of nitrogens with one attached hydrogen (secondary N) is 1. The summed E-state index contributed by atoms with van der Waals surface area (Å²) < 4.78 is 32.2. The molecule has 0 aliphatic carbocycles. The molecule has 0 atom stereocenters. The Morgan fingerprint density at radius 2 is 1.93 bits per heavy atom. The van der Waals surface area contributed by atoms with Gasteiger partial charge in [0, 0.05) is 24.8 Å². The molecule has 0 fully saturated rings. The van der Waals surface area contributed by atoms with Gasteiger partial charge in [-0.1, -0.05) is 44.2 Å². The summed E-state index contributed by atoms with van der Waals surface area (Å²) in [6, 6.07) is 10.9. The largest absolute Gasteiger partial charge is 0.489 e. The van der Waals surface area contributed by atoms with Crippen LogP contribution >= 0.6 is 11.6 Å². The summed E-state index contributed by atoms with van der Waals surface area (Å²) in [6.45, 7) is 8.11. The molecular formula is C20H23ClN2O4S. The van der Waals surface area contributed by atoms with E-state index in [2.05, 4.69) is 11.9 Å². The first-order valence-electron chi connectivity index (χ1n) is 8.78. The van der Waals surface area contributed by atoms with Gasteiger partial charge in [-0.25, -0.2) is 8.42 Å². The summed E-state index contributed by atoms with van der Waals surface area (Å²) in [5.41, 5.74) is 0.576. The van der Waals surface area contributed by atoms with E-state index in [4.69, 9.17) is 16.3 Å². The van der Waals surface area contributed by atoms with Gasteiger partial charge < -0.3 is 10.1 Å². The topological polar surface area (TPSA) is 75.7 Å². The van der Waals surface area contributed by atoms with E-state index < -0.39 is 15.9 Å².